The van der Waals surface area contributed by atoms with Gasteiger partial charge in [-0.15, -0.1) is 37.1 Å². The van der Waals surface area contributed by atoms with Crippen molar-refractivity contribution in [2.45, 2.75) is 23.2 Å². The van der Waals surface area contributed by atoms with E-state index in [0.717, 1.165) is 22.3 Å². The van der Waals surface area contributed by atoms with Crippen molar-refractivity contribution in [3.8, 4) is 5.75 Å². The summed E-state index contributed by atoms with van der Waals surface area (Å²) in [6.45, 7) is -0.0222. The molecule has 0 saturated carbocycles. The number of thiol groups is 1. The summed E-state index contributed by atoms with van der Waals surface area (Å²) in [6, 6.07) is 15.2. The highest BCUT2D eigenvalue weighted by Gasteiger charge is 2.31. The third kappa shape index (κ3) is 7.86. The van der Waals surface area contributed by atoms with Gasteiger partial charge >= 0.3 is 18.4 Å². The average Bonchev–Trinajstić information content (AvgIpc) is 3.26. The predicted molar refractivity (Wildman–Crippen MR) is 145 cm³/mol. The Morgan fingerprint density at radius 2 is 1.68 bits per heavy atom. The average molecular weight is 591 g/mol. The molecule has 1 unspecified atom stereocenters. The number of rotatable bonds is 9. The van der Waals surface area contributed by atoms with Crippen molar-refractivity contribution < 1.29 is 37.4 Å². The van der Waals surface area contributed by atoms with Crippen LogP contribution in [0.1, 0.15) is 33.9 Å². The zero-order chi connectivity index (χ0) is 28.9. The molecule has 0 fully saturated rings. The van der Waals surface area contributed by atoms with Crippen molar-refractivity contribution in [1.82, 2.24) is 15.6 Å². The fourth-order valence-electron chi connectivity index (χ4n) is 3.72. The second kappa shape index (κ2) is 12.3. The number of nitrogens with zero attached hydrogens (tertiary/aromatic N) is 1. The minimum atomic E-state index is -4.83. The molecule has 4 aromatic rings. The smallest absolute Gasteiger partial charge is 0.481 e. The highest BCUT2D eigenvalue weighted by atomic mass is 32.2. The number of carbonyl (C=O) groups is 3. The number of halogens is 3. The van der Waals surface area contributed by atoms with Crippen LogP contribution in [0.3, 0.4) is 0 Å². The van der Waals surface area contributed by atoms with Crippen molar-refractivity contribution in [2.24, 2.45) is 0 Å². The first-order valence-corrected chi connectivity index (χ1v) is 12.9. The summed E-state index contributed by atoms with van der Waals surface area (Å²) in [5.74, 6) is -1.90. The van der Waals surface area contributed by atoms with E-state index in [1.807, 2.05) is 6.07 Å². The van der Waals surface area contributed by atoms with Gasteiger partial charge in [0.05, 0.1) is 22.7 Å². The van der Waals surface area contributed by atoms with Crippen LogP contribution in [0.2, 0.25) is 0 Å². The van der Waals surface area contributed by atoms with E-state index in [2.05, 4.69) is 38.3 Å². The molecule has 4 N–H and O–H groups in total. The number of carboxylic acids is 1. The second-order valence-corrected chi connectivity index (χ2v) is 10.1. The van der Waals surface area contributed by atoms with Gasteiger partial charge in [0.2, 0.25) is 0 Å². The normalized spacial score (nSPS) is 12.0. The van der Waals surface area contributed by atoms with E-state index < -0.39 is 36.1 Å². The predicted octanol–water partition coefficient (Wildman–Crippen LogP) is 5.60. The Morgan fingerprint density at radius 1 is 1.00 bits per heavy atom. The molecule has 1 aromatic heterocycles. The molecule has 0 saturated heterocycles. The molecule has 0 spiro atoms. The van der Waals surface area contributed by atoms with Crippen LogP contribution in [-0.4, -0.2) is 40.9 Å². The number of anilines is 1. The molecule has 0 aliphatic rings. The molecule has 1 atom stereocenters. The Morgan fingerprint density at radius 3 is 2.33 bits per heavy atom. The van der Waals surface area contributed by atoms with Crippen LogP contribution < -0.4 is 20.7 Å². The molecule has 0 aliphatic heterocycles. The van der Waals surface area contributed by atoms with Crippen LogP contribution in [0, 0.1) is 0 Å². The van der Waals surface area contributed by atoms with Gasteiger partial charge in [-0.1, -0.05) is 18.2 Å². The quantitative estimate of drug-likeness (QED) is 0.162. The lowest BCUT2D eigenvalue weighted by Crippen LogP contribution is -2.33. The molecular formula is C26H21F3N4O5S2. The van der Waals surface area contributed by atoms with Gasteiger partial charge in [-0.3, -0.25) is 9.59 Å². The Hall–Kier alpha value is -4.30. The summed E-state index contributed by atoms with van der Waals surface area (Å²) in [5.41, 5.74) is 2.60. The molecule has 3 amide bonds. The first-order chi connectivity index (χ1) is 19.0. The van der Waals surface area contributed by atoms with Gasteiger partial charge < -0.3 is 25.8 Å². The van der Waals surface area contributed by atoms with Crippen LogP contribution in [0.25, 0.3) is 10.2 Å². The number of carbonyl (C=O) groups excluding carboxylic acids is 2. The summed E-state index contributed by atoms with van der Waals surface area (Å²) in [7, 11) is 0. The van der Waals surface area contributed by atoms with Crippen LogP contribution >= 0.6 is 24.0 Å². The summed E-state index contributed by atoms with van der Waals surface area (Å²) < 4.78 is 42.5. The van der Waals surface area contributed by atoms with E-state index in [4.69, 9.17) is 5.11 Å². The third-order valence-electron chi connectivity index (χ3n) is 5.49. The van der Waals surface area contributed by atoms with E-state index in [1.165, 1.54) is 23.5 Å². The topological polar surface area (TPSA) is 130 Å². The first kappa shape index (κ1) is 28.7. The Labute approximate surface area is 234 Å². The molecule has 0 bridgehead atoms. The van der Waals surface area contributed by atoms with E-state index in [9.17, 15) is 27.6 Å². The summed E-state index contributed by atoms with van der Waals surface area (Å²) >= 11 is 5.65. The van der Waals surface area contributed by atoms with Gasteiger partial charge in [0.15, 0.2) is 0 Å². The standard InChI is InChI=1S/C26H21F3N4O5S2/c27-26(28,29)38-18-8-6-17(7-9-18)31-24(37)33-22(16-5-10-19-20(13-16)40-25(39)32-19)14-1-3-15(4-2-14)23(36)30-12-11-21(34)35/h1-10,13,22H,11-12H2,(H,30,36)(H,32,39)(H,34,35)(H2,31,33,37). The fraction of sp³-hybridized carbons (Fsp3) is 0.154. The van der Waals surface area contributed by atoms with Crippen LogP contribution in [0.4, 0.5) is 23.7 Å². The molecule has 1 heterocycles. The van der Waals surface area contributed by atoms with Gasteiger partial charge in [0.1, 0.15) is 10.1 Å². The highest BCUT2D eigenvalue weighted by molar-refractivity contribution is 7.82. The number of hydrogen-bond acceptors (Lipinski definition) is 7. The van der Waals surface area contributed by atoms with Crippen LogP contribution in [-0.2, 0) is 4.79 Å². The minimum absolute atomic E-state index is 0.0222. The molecule has 40 heavy (non-hydrogen) atoms. The molecular weight excluding hydrogens is 569 g/mol. The van der Waals surface area contributed by atoms with Crippen molar-refractivity contribution in [3.05, 3.63) is 83.4 Å². The highest BCUT2D eigenvalue weighted by Crippen LogP contribution is 2.30. The zero-order valence-corrected chi connectivity index (χ0v) is 22.1. The summed E-state index contributed by atoms with van der Waals surface area (Å²) in [4.78, 5) is 40.3. The Balaban J connectivity index is 1.54. The number of nitrogens with one attached hydrogen (secondary N) is 3. The number of aromatic nitrogens is 1. The largest absolute Gasteiger partial charge is 0.573 e. The second-order valence-electron chi connectivity index (χ2n) is 8.35. The number of hydrogen-bond donors (Lipinski definition) is 5. The summed E-state index contributed by atoms with van der Waals surface area (Å²) in [6.07, 6.45) is -5.04. The number of alkyl halides is 3. The van der Waals surface area contributed by atoms with Crippen molar-refractivity contribution >= 4 is 57.8 Å². The lowest BCUT2D eigenvalue weighted by atomic mass is 9.97. The van der Waals surface area contributed by atoms with Gasteiger partial charge in [-0.05, 0) is 59.7 Å². The Kier molecular flexibility index (Phi) is 8.80. The number of benzene rings is 3. The van der Waals surface area contributed by atoms with E-state index in [0.29, 0.717) is 21.0 Å². The number of aliphatic carboxylic acids is 1. The van der Waals surface area contributed by atoms with Crippen LogP contribution in [0.15, 0.2) is 71.1 Å². The number of fused-ring (bicyclic) bond motifs is 1. The zero-order valence-electron chi connectivity index (χ0n) is 20.4. The van der Waals surface area contributed by atoms with Gasteiger partial charge in [0.25, 0.3) is 5.91 Å². The first-order valence-electron chi connectivity index (χ1n) is 11.6. The molecule has 14 heteroatoms. The summed E-state index contributed by atoms with van der Waals surface area (Å²) in [5, 5.41) is 16.7. The number of amides is 3. The van der Waals surface area contributed by atoms with Crippen molar-refractivity contribution in [1.29, 1.82) is 0 Å². The van der Waals surface area contributed by atoms with Crippen LogP contribution in [0.5, 0.6) is 5.75 Å². The molecule has 0 radical (unpaired) electrons. The van der Waals surface area contributed by atoms with Crippen molar-refractivity contribution in [3.63, 3.8) is 0 Å². The van der Waals surface area contributed by atoms with Crippen molar-refractivity contribution in [2.75, 3.05) is 11.9 Å². The maximum Gasteiger partial charge on any atom is 0.573 e. The number of carboxylic acid groups (broad SMARTS) is 1. The monoisotopic (exact) mass is 590 g/mol. The molecule has 4 rings (SSSR count). The molecule has 208 valence electrons. The SMILES string of the molecule is O=C(O)CCNC(=O)c1ccc(C(NC(=O)Nc2ccc(OC(F)(F)F)cc2)c2ccc3nc(S)sc3c2)cc1. The third-order valence-corrected chi connectivity index (χ3v) is 6.68. The maximum absolute atomic E-state index is 12.9. The van der Waals surface area contributed by atoms with Gasteiger partial charge in [-0.25, -0.2) is 9.78 Å². The maximum atomic E-state index is 12.9. The number of ether oxygens (including phenoxy) is 1. The van der Waals surface area contributed by atoms with Gasteiger partial charge in [-0.2, -0.15) is 0 Å². The lowest BCUT2D eigenvalue weighted by molar-refractivity contribution is -0.274. The number of thiazole rings is 1. The van der Waals surface area contributed by atoms with Gasteiger partial charge in [0, 0.05) is 17.8 Å². The number of urea groups is 1. The lowest BCUT2D eigenvalue weighted by Gasteiger charge is -2.21. The van der Waals surface area contributed by atoms with E-state index >= 15 is 0 Å². The minimum Gasteiger partial charge on any atom is -0.481 e. The Bertz CT molecular complexity index is 1530. The van der Waals surface area contributed by atoms with E-state index in [1.54, 1.807) is 36.4 Å². The molecule has 0 aliphatic carbocycles. The van der Waals surface area contributed by atoms with E-state index in [-0.39, 0.29) is 18.7 Å². The fourth-order valence-corrected chi connectivity index (χ4v) is 4.87. The molecule has 9 nitrogen and oxygen atoms in total. The molecule has 3 aromatic carbocycles.